The van der Waals surface area contributed by atoms with Gasteiger partial charge in [0.2, 0.25) is 0 Å². The molecule has 1 unspecified atom stereocenters. The highest BCUT2D eigenvalue weighted by Crippen LogP contribution is 2.17. The lowest BCUT2D eigenvalue weighted by atomic mass is 10.2. The molecule has 0 radical (unpaired) electrons. The van der Waals surface area contributed by atoms with Gasteiger partial charge in [-0.05, 0) is 13.0 Å². The number of hydrazone groups is 1. The molecule has 0 aliphatic rings. The van der Waals surface area contributed by atoms with E-state index in [4.69, 9.17) is 0 Å². The second-order valence-corrected chi connectivity index (χ2v) is 6.43. The van der Waals surface area contributed by atoms with Crippen molar-refractivity contribution in [3.05, 3.63) is 56.9 Å². The van der Waals surface area contributed by atoms with Gasteiger partial charge in [0, 0.05) is 22.7 Å². The second-order valence-electron chi connectivity index (χ2n) is 5.10. The minimum Gasteiger partial charge on any atom is -0.361 e. The first-order chi connectivity index (χ1) is 12.0. The highest BCUT2D eigenvalue weighted by molar-refractivity contribution is 8.00. The van der Waals surface area contributed by atoms with Crippen molar-refractivity contribution in [3.63, 3.8) is 0 Å². The van der Waals surface area contributed by atoms with Crippen molar-refractivity contribution in [3.8, 4) is 0 Å². The Hall–Kier alpha value is -3.14. The van der Waals surface area contributed by atoms with E-state index in [0.717, 1.165) is 28.2 Å². The Labute approximate surface area is 144 Å². The van der Waals surface area contributed by atoms with Crippen molar-refractivity contribution in [1.82, 2.24) is 25.6 Å². The molecule has 1 atom stereocenters. The summed E-state index contributed by atoms with van der Waals surface area (Å²) in [5, 5.41) is 10.0. The summed E-state index contributed by atoms with van der Waals surface area (Å²) in [5.41, 5.74) is 2.90. The number of benzene rings is 1. The first-order valence-corrected chi connectivity index (χ1v) is 8.17. The van der Waals surface area contributed by atoms with Gasteiger partial charge in [0.05, 0.1) is 11.5 Å². The highest BCUT2D eigenvalue weighted by Gasteiger charge is 2.17. The Bertz CT molecular complexity index is 1050. The van der Waals surface area contributed by atoms with Gasteiger partial charge in [0.15, 0.2) is 5.03 Å². The van der Waals surface area contributed by atoms with Crippen LogP contribution in [0.5, 0.6) is 0 Å². The maximum Gasteiger partial charge on any atom is 0.342 e. The fourth-order valence-electron chi connectivity index (χ4n) is 2.09. The summed E-state index contributed by atoms with van der Waals surface area (Å²) in [4.78, 5) is 39.7. The smallest absolute Gasteiger partial charge is 0.342 e. The zero-order valence-corrected chi connectivity index (χ0v) is 13.9. The minimum absolute atomic E-state index is 0.00265. The molecule has 0 bridgehead atoms. The third-order valence-electron chi connectivity index (χ3n) is 3.34. The van der Waals surface area contributed by atoms with E-state index in [1.165, 1.54) is 0 Å². The average Bonchev–Trinajstić information content (AvgIpc) is 3.00. The number of carbonyl (C=O) groups excluding carboxylic acids is 1. The van der Waals surface area contributed by atoms with E-state index >= 15 is 0 Å². The Morgan fingerprint density at radius 2 is 2.16 bits per heavy atom. The van der Waals surface area contributed by atoms with Gasteiger partial charge < -0.3 is 4.98 Å². The summed E-state index contributed by atoms with van der Waals surface area (Å²) in [6.07, 6.45) is 3.33. The standard InChI is InChI=1S/C15H14N6O3S/c1-8(25-14-13(23)18-15(24)21-20-14)12(22)19-17-7-9-6-16-11-5-3-2-4-10(9)11/h2-8,16H,1H3,(H,19,22)(H2,18,21,23,24)/b17-7+. The number of aromatic nitrogens is 4. The lowest BCUT2D eigenvalue weighted by Gasteiger charge is -2.07. The second kappa shape index (κ2) is 7.18. The third kappa shape index (κ3) is 3.86. The Kier molecular flexibility index (Phi) is 4.80. The Balaban J connectivity index is 1.63. The molecule has 3 aromatic rings. The summed E-state index contributed by atoms with van der Waals surface area (Å²) < 4.78 is 0. The van der Waals surface area contributed by atoms with E-state index < -0.39 is 22.4 Å². The molecule has 128 valence electrons. The van der Waals surface area contributed by atoms with Crippen molar-refractivity contribution >= 4 is 34.8 Å². The summed E-state index contributed by atoms with van der Waals surface area (Å²) in [6, 6.07) is 7.73. The molecule has 2 heterocycles. The number of thioether (sulfide) groups is 1. The van der Waals surface area contributed by atoms with Crippen LogP contribution in [0.15, 0.2) is 50.2 Å². The fraction of sp³-hybridized carbons (Fsp3) is 0.133. The fourth-order valence-corrected chi connectivity index (χ4v) is 2.85. The van der Waals surface area contributed by atoms with Crippen LogP contribution in [0, 0.1) is 0 Å². The van der Waals surface area contributed by atoms with Gasteiger partial charge in [0.1, 0.15) is 0 Å². The molecule has 3 rings (SSSR count). The number of hydrogen-bond acceptors (Lipinski definition) is 6. The number of fused-ring (bicyclic) bond motifs is 1. The van der Waals surface area contributed by atoms with Gasteiger partial charge in [-0.3, -0.25) is 14.6 Å². The van der Waals surface area contributed by atoms with E-state index in [2.05, 4.69) is 25.7 Å². The van der Waals surface area contributed by atoms with Crippen LogP contribution in [-0.4, -0.2) is 37.5 Å². The van der Waals surface area contributed by atoms with E-state index in [1.807, 2.05) is 29.2 Å². The molecule has 2 aromatic heterocycles. The third-order valence-corrected chi connectivity index (χ3v) is 4.41. The predicted octanol–water partition coefficient (Wildman–Crippen LogP) is 0.570. The molecular weight excluding hydrogens is 344 g/mol. The first-order valence-electron chi connectivity index (χ1n) is 7.29. The summed E-state index contributed by atoms with van der Waals surface area (Å²) in [5.74, 6) is -0.395. The predicted molar refractivity (Wildman–Crippen MR) is 94.8 cm³/mol. The maximum atomic E-state index is 12.1. The minimum atomic E-state index is -0.699. The lowest BCUT2D eigenvalue weighted by molar-refractivity contribution is -0.120. The Morgan fingerprint density at radius 1 is 1.36 bits per heavy atom. The summed E-state index contributed by atoms with van der Waals surface area (Å²) in [7, 11) is 0. The number of nitrogens with zero attached hydrogens (tertiary/aromatic N) is 2. The van der Waals surface area contributed by atoms with Crippen molar-refractivity contribution in [1.29, 1.82) is 0 Å². The SMILES string of the molecule is CC(Sc1n[nH]c(=O)[nH]c1=O)C(=O)N/N=C/c1c[nH]c2ccccc12. The van der Waals surface area contributed by atoms with Crippen molar-refractivity contribution in [2.24, 2.45) is 5.10 Å². The molecule has 10 heteroatoms. The molecule has 0 aliphatic carbocycles. The molecule has 0 aliphatic heterocycles. The van der Waals surface area contributed by atoms with Crippen LogP contribution >= 0.6 is 11.8 Å². The summed E-state index contributed by atoms with van der Waals surface area (Å²) >= 11 is 0.920. The molecule has 4 N–H and O–H groups in total. The van der Waals surface area contributed by atoms with Crippen LogP contribution in [0.1, 0.15) is 12.5 Å². The van der Waals surface area contributed by atoms with Crippen LogP contribution in [0.2, 0.25) is 0 Å². The number of aromatic amines is 3. The first kappa shape index (κ1) is 16.7. The average molecular weight is 358 g/mol. The van der Waals surface area contributed by atoms with Crippen LogP contribution in [-0.2, 0) is 4.79 Å². The van der Waals surface area contributed by atoms with Crippen LogP contribution in [0.25, 0.3) is 10.9 Å². The number of carbonyl (C=O) groups is 1. The zero-order chi connectivity index (χ0) is 17.8. The molecule has 0 fully saturated rings. The van der Waals surface area contributed by atoms with Crippen LogP contribution in [0.4, 0.5) is 0 Å². The molecule has 1 amide bonds. The molecule has 9 nitrogen and oxygen atoms in total. The molecule has 25 heavy (non-hydrogen) atoms. The highest BCUT2D eigenvalue weighted by atomic mass is 32.2. The van der Waals surface area contributed by atoms with E-state index in [0.29, 0.717) is 0 Å². The normalized spacial score (nSPS) is 12.5. The van der Waals surface area contributed by atoms with Crippen molar-refractivity contribution < 1.29 is 4.79 Å². The molecule has 0 saturated heterocycles. The molecular formula is C15H14N6O3S. The number of rotatable bonds is 5. The van der Waals surface area contributed by atoms with E-state index in [-0.39, 0.29) is 5.03 Å². The van der Waals surface area contributed by atoms with Gasteiger partial charge >= 0.3 is 5.69 Å². The van der Waals surface area contributed by atoms with Gasteiger partial charge in [-0.2, -0.15) is 10.2 Å². The number of amides is 1. The number of hydrogen-bond donors (Lipinski definition) is 4. The zero-order valence-electron chi connectivity index (χ0n) is 13.1. The maximum absolute atomic E-state index is 12.1. The van der Waals surface area contributed by atoms with Gasteiger partial charge in [-0.25, -0.2) is 15.3 Å². The van der Waals surface area contributed by atoms with Crippen molar-refractivity contribution in [2.75, 3.05) is 0 Å². The Morgan fingerprint density at radius 3 is 2.96 bits per heavy atom. The summed E-state index contributed by atoms with van der Waals surface area (Å²) in [6.45, 7) is 1.60. The van der Waals surface area contributed by atoms with Crippen molar-refractivity contribution in [2.45, 2.75) is 17.2 Å². The molecule has 1 aromatic carbocycles. The number of nitrogens with one attached hydrogen (secondary N) is 4. The van der Waals surface area contributed by atoms with E-state index in [1.54, 1.807) is 19.3 Å². The quantitative estimate of drug-likeness (QED) is 0.300. The lowest BCUT2D eigenvalue weighted by Crippen LogP contribution is -2.30. The van der Waals surface area contributed by atoms with Gasteiger partial charge in [-0.15, -0.1) is 0 Å². The molecule has 0 saturated carbocycles. The monoisotopic (exact) mass is 358 g/mol. The van der Waals surface area contributed by atoms with Gasteiger partial charge in [-0.1, -0.05) is 30.0 Å². The van der Waals surface area contributed by atoms with Crippen LogP contribution in [0.3, 0.4) is 0 Å². The number of para-hydroxylation sites is 1. The van der Waals surface area contributed by atoms with Crippen LogP contribution < -0.4 is 16.7 Å². The van der Waals surface area contributed by atoms with Gasteiger partial charge in [0.25, 0.3) is 11.5 Å². The largest absolute Gasteiger partial charge is 0.361 e. The van der Waals surface area contributed by atoms with E-state index in [9.17, 15) is 14.4 Å². The number of H-pyrrole nitrogens is 3. The molecule has 0 spiro atoms. The topological polar surface area (TPSA) is 136 Å².